The molecule has 0 spiro atoms. The second kappa shape index (κ2) is 8.47. The number of benzene rings is 1. The Kier molecular flexibility index (Phi) is 6.30. The van der Waals surface area contributed by atoms with Crippen molar-refractivity contribution in [2.24, 2.45) is 11.8 Å². The molecule has 1 aromatic carbocycles. The second-order valence-electron chi connectivity index (χ2n) is 6.61. The molecule has 1 amide bonds. The summed E-state index contributed by atoms with van der Waals surface area (Å²) in [5.41, 5.74) is 0.949. The Labute approximate surface area is 162 Å². The molecule has 0 radical (unpaired) electrons. The van der Waals surface area contributed by atoms with Gasteiger partial charge in [0, 0.05) is 6.04 Å². The van der Waals surface area contributed by atoms with Crippen LogP contribution in [0.25, 0.3) is 5.69 Å². The van der Waals surface area contributed by atoms with Gasteiger partial charge in [0.25, 0.3) is 0 Å². The largest absolute Gasteiger partial charge is 0.352 e. The van der Waals surface area contributed by atoms with Gasteiger partial charge in [-0.15, -0.1) is 5.10 Å². The normalized spacial score (nSPS) is 23.4. The van der Waals surface area contributed by atoms with E-state index >= 15 is 0 Å². The van der Waals surface area contributed by atoms with Gasteiger partial charge in [0.1, 0.15) is 0 Å². The molecular weight excluding hydrogens is 370 g/mol. The van der Waals surface area contributed by atoms with Gasteiger partial charge in [0.15, 0.2) is 8.29 Å². The summed E-state index contributed by atoms with van der Waals surface area (Å²) in [5, 5.41) is 7.75. The lowest BCUT2D eigenvalue weighted by Gasteiger charge is -2.34. The van der Waals surface area contributed by atoms with Crippen molar-refractivity contribution in [3.63, 3.8) is 0 Å². The maximum absolute atomic E-state index is 12.3. The zero-order valence-corrected chi connectivity index (χ0v) is 16.9. The summed E-state index contributed by atoms with van der Waals surface area (Å²) in [5.74, 6) is 1.69. The van der Waals surface area contributed by atoms with E-state index in [-0.39, 0.29) is 5.91 Å². The van der Waals surface area contributed by atoms with E-state index < -0.39 is 0 Å². The van der Waals surface area contributed by atoms with Crippen LogP contribution >= 0.6 is 35.3 Å². The van der Waals surface area contributed by atoms with Crippen molar-refractivity contribution in [3.05, 3.63) is 34.3 Å². The van der Waals surface area contributed by atoms with Gasteiger partial charge in [0.2, 0.25) is 5.91 Å². The molecule has 3 atom stereocenters. The van der Waals surface area contributed by atoms with Crippen LogP contribution in [0, 0.1) is 15.8 Å². The first-order valence-electron chi connectivity index (χ1n) is 8.62. The number of aromatic nitrogens is 2. The fourth-order valence-electron chi connectivity index (χ4n) is 3.21. The predicted octanol–water partition coefficient (Wildman–Crippen LogP) is 4.70. The minimum Gasteiger partial charge on any atom is -0.352 e. The van der Waals surface area contributed by atoms with Crippen molar-refractivity contribution in [1.82, 2.24) is 15.1 Å². The molecule has 134 valence electrons. The molecule has 1 saturated carbocycles. The molecule has 0 bridgehead atoms. The van der Waals surface area contributed by atoms with Gasteiger partial charge in [-0.25, -0.2) is 4.68 Å². The number of rotatable bonds is 5. The van der Waals surface area contributed by atoms with E-state index in [2.05, 4.69) is 24.3 Å². The molecule has 7 heteroatoms. The number of nitrogens with one attached hydrogen (secondary N) is 1. The second-order valence-corrected chi connectivity index (χ2v) is 9.46. The summed E-state index contributed by atoms with van der Waals surface area (Å²) in [6.07, 6.45) is 3.55. The van der Waals surface area contributed by atoms with E-state index in [9.17, 15) is 4.79 Å². The standard InChI is InChI=1S/C18H23N3OS3/c1-12-7-6-10-15(13(12)2)19-16(22)11-24-17-20-21(18(23)25-17)14-8-4-3-5-9-14/h3-5,8-9,12-13,15H,6-7,10-11H2,1-2H3,(H,19,22)/t12-,13+,15-/m0/s1. The number of carbonyl (C=O) groups is 1. The van der Waals surface area contributed by atoms with Crippen molar-refractivity contribution < 1.29 is 4.79 Å². The Bertz CT molecular complexity index is 771. The molecule has 3 rings (SSSR count). The molecule has 0 saturated heterocycles. The smallest absolute Gasteiger partial charge is 0.230 e. The maximum atomic E-state index is 12.3. The number of carbonyl (C=O) groups excluding carboxylic acids is 1. The third-order valence-electron chi connectivity index (χ3n) is 4.91. The summed E-state index contributed by atoms with van der Waals surface area (Å²) in [4.78, 5) is 12.3. The molecule has 1 aliphatic rings. The number of hydrogen-bond acceptors (Lipinski definition) is 5. The van der Waals surface area contributed by atoms with Gasteiger partial charge in [-0.2, -0.15) is 0 Å². The van der Waals surface area contributed by atoms with Crippen LogP contribution in [0.15, 0.2) is 34.7 Å². The lowest BCUT2D eigenvalue weighted by atomic mass is 9.78. The molecule has 0 unspecified atom stereocenters. The molecule has 0 aliphatic heterocycles. The number of hydrogen-bond donors (Lipinski definition) is 1. The average Bonchev–Trinajstić information content (AvgIpc) is 2.99. The van der Waals surface area contributed by atoms with Crippen LogP contribution in [-0.2, 0) is 4.79 Å². The highest BCUT2D eigenvalue weighted by atomic mass is 32.2. The van der Waals surface area contributed by atoms with Crippen molar-refractivity contribution >= 4 is 41.2 Å². The van der Waals surface area contributed by atoms with Crippen LogP contribution in [0.4, 0.5) is 0 Å². The SMILES string of the molecule is C[C@H]1[C@@H](NC(=O)CSc2nn(-c3ccccc3)c(=S)s2)CCC[C@@H]1C. The summed E-state index contributed by atoms with van der Waals surface area (Å²) < 4.78 is 3.28. The molecule has 2 aromatic rings. The Morgan fingerprint density at radius 3 is 2.88 bits per heavy atom. The number of nitrogens with zero attached hydrogens (tertiary/aromatic N) is 2. The van der Waals surface area contributed by atoms with E-state index in [1.54, 1.807) is 4.68 Å². The number of amides is 1. The highest BCUT2D eigenvalue weighted by molar-refractivity contribution is 8.01. The van der Waals surface area contributed by atoms with Crippen molar-refractivity contribution in [2.75, 3.05) is 5.75 Å². The minimum atomic E-state index is 0.0864. The van der Waals surface area contributed by atoms with Gasteiger partial charge in [-0.3, -0.25) is 4.79 Å². The quantitative estimate of drug-likeness (QED) is 0.591. The monoisotopic (exact) mass is 393 g/mol. The topological polar surface area (TPSA) is 46.9 Å². The third kappa shape index (κ3) is 4.71. The van der Waals surface area contributed by atoms with Crippen molar-refractivity contribution in [3.8, 4) is 5.69 Å². The average molecular weight is 394 g/mol. The fourth-order valence-corrected chi connectivity index (χ4v) is 5.39. The highest BCUT2D eigenvalue weighted by Crippen LogP contribution is 2.30. The van der Waals surface area contributed by atoms with Gasteiger partial charge in [-0.1, -0.05) is 68.0 Å². The van der Waals surface area contributed by atoms with Crippen molar-refractivity contribution in [2.45, 2.75) is 43.5 Å². The summed E-state index contributed by atoms with van der Waals surface area (Å²) in [6, 6.07) is 10.1. The van der Waals surface area contributed by atoms with E-state index in [0.717, 1.165) is 16.4 Å². The molecule has 25 heavy (non-hydrogen) atoms. The van der Waals surface area contributed by atoms with Crippen LogP contribution in [0.5, 0.6) is 0 Å². The molecule has 1 N–H and O–H groups in total. The molecule has 1 fully saturated rings. The molecule has 4 nitrogen and oxygen atoms in total. The first-order chi connectivity index (χ1) is 12.0. The maximum Gasteiger partial charge on any atom is 0.230 e. The molecular formula is C18H23N3OS3. The molecule has 1 aromatic heterocycles. The first kappa shape index (κ1) is 18.6. The summed E-state index contributed by atoms with van der Waals surface area (Å²) in [7, 11) is 0. The predicted molar refractivity (Wildman–Crippen MR) is 107 cm³/mol. The van der Waals surface area contributed by atoms with E-state index in [4.69, 9.17) is 12.2 Å². The lowest BCUT2D eigenvalue weighted by molar-refractivity contribution is -0.119. The van der Waals surface area contributed by atoms with Gasteiger partial charge >= 0.3 is 0 Å². The van der Waals surface area contributed by atoms with Crippen LogP contribution < -0.4 is 5.32 Å². The Hall–Kier alpha value is -1.18. The van der Waals surface area contributed by atoms with Gasteiger partial charge in [-0.05, 0) is 42.6 Å². The van der Waals surface area contributed by atoms with Crippen molar-refractivity contribution in [1.29, 1.82) is 0 Å². The van der Waals surface area contributed by atoms with Gasteiger partial charge < -0.3 is 5.32 Å². The van der Waals surface area contributed by atoms with Crippen LogP contribution in [0.2, 0.25) is 0 Å². The van der Waals surface area contributed by atoms with Crippen LogP contribution in [0.1, 0.15) is 33.1 Å². The number of thioether (sulfide) groups is 1. The summed E-state index contributed by atoms with van der Waals surface area (Å²) in [6.45, 7) is 4.52. The zero-order chi connectivity index (χ0) is 17.8. The molecule has 1 aliphatic carbocycles. The van der Waals surface area contributed by atoms with Crippen LogP contribution in [-0.4, -0.2) is 27.5 Å². The lowest BCUT2D eigenvalue weighted by Crippen LogP contribution is -2.44. The van der Waals surface area contributed by atoms with E-state index in [1.807, 2.05) is 30.3 Å². The van der Waals surface area contributed by atoms with Crippen LogP contribution in [0.3, 0.4) is 0 Å². The fraction of sp³-hybridized carbons (Fsp3) is 0.500. The molecule has 1 heterocycles. The Morgan fingerprint density at radius 2 is 2.12 bits per heavy atom. The first-order valence-corrected chi connectivity index (χ1v) is 10.8. The zero-order valence-electron chi connectivity index (χ0n) is 14.5. The van der Waals surface area contributed by atoms with E-state index in [1.165, 1.54) is 35.9 Å². The number of para-hydroxylation sites is 1. The van der Waals surface area contributed by atoms with Gasteiger partial charge in [0.05, 0.1) is 11.4 Å². The summed E-state index contributed by atoms with van der Waals surface area (Å²) >= 11 is 8.30. The highest BCUT2D eigenvalue weighted by Gasteiger charge is 2.28. The van der Waals surface area contributed by atoms with E-state index in [0.29, 0.717) is 27.6 Å². The Balaban J connectivity index is 1.57. The Morgan fingerprint density at radius 1 is 1.36 bits per heavy atom. The minimum absolute atomic E-state index is 0.0864. The third-order valence-corrected chi connectivity index (χ3v) is 7.28.